The summed E-state index contributed by atoms with van der Waals surface area (Å²) in [4.78, 5) is 25.7. The third-order valence-corrected chi connectivity index (χ3v) is 5.87. The minimum absolute atomic E-state index is 0.153. The molecule has 6 heteroatoms. The number of para-hydroxylation sites is 1. The lowest BCUT2D eigenvalue weighted by atomic mass is 9.95. The molecule has 2 amide bonds. The van der Waals surface area contributed by atoms with Crippen LogP contribution in [0.5, 0.6) is 5.75 Å². The molecule has 0 radical (unpaired) electrons. The molecule has 1 atom stereocenters. The summed E-state index contributed by atoms with van der Waals surface area (Å²) >= 11 is 6.07. The fourth-order valence-corrected chi connectivity index (χ4v) is 3.81. The Morgan fingerprint density at radius 2 is 1.87 bits per heavy atom. The number of amides is 2. The fraction of sp³-hybridized carbons (Fsp3) is 0.417. The van der Waals surface area contributed by atoms with Gasteiger partial charge in [0.25, 0.3) is 11.8 Å². The largest absolute Gasteiger partial charge is 0.481 e. The maximum Gasteiger partial charge on any atom is 0.265 e. The molecule has 0 heterocycles. The predicted molar refractivity (Wildman–Crippen MR) is 120 cm³/mol. The van der Waals surface area contributed by atoms with Gasteiger partial charge < -0.3 is 15.4 Å². The van der Waals surface area contributed by atoms with Crippen LogP contribution >= 0.6 is 11.6 Å². The first kappa shape index (κ1) is 22.2. The van der Waals surface area contributed by atoms with Crippen LogP contribution in [0.15, 0.2) is 42.5 Å². The van der Waals surface area contributed by atoms with Gasteiger partial charge in [-0.3, -0.25) is 9.59 Å². The zero-order chi connectivity index (χ0) is 21.5. The molecule has 1 unspecified atom stereocenters. The van der Waals surface area contributed by atoms with Crippen molar-refractivity contribution >= 4 is 29.1 Å². The summed E-state index contributed by atoms with van der Waals surface area (Å²) in [5.41, 5.74) is 1.84. The molecule has 3 rings (SSSR count). The van der Waals surface area contributed by atoms with Gasteiger partial charge in [0.15, 0.2) is 6.10 Å². The summed E-state index contributed by atoms with van der Waals surface area (Å²) in [7, 11) is 0. The van der Waals surface area contributed by atoms with E-state index in [4.69, 9.17) is 16.3 Å². The van der Waals surface area contributed by atoms with Gasteiger partial charge in [-0.05, 0) is 62.1 Å². The van der Waals surface area contributed by atoms with Crippen molar-refractivity contribution in [2.75, 3.05) is 5.32 Å². The number of ether oxygens (including phenoxy) is 1. The number of anilines is 1. The monoisotopic (exact) mass is 428 g/mol. The number of benzene rings is 2. The highest BCUT2D eigenvalue weighted by atomic mass is 35.5. The highest BCUT2D eigenvalue weighted by Crippen LogP contribution is 2.24. The lowest BCUT2D eigenvalue weighted by Crippen LogP contribution is -2.37. The average molecular weight is 429 g/mol. The summed E-state index contributed by atoms with van der Waals surface area (Å²) < 4.78 is 5.88. The molecule has 160 valence electrons. The second-order valence-corrected chi connectivity index (χ2v) is 8.18. The lowest BCUT2D eigenvalue weighted by Gasteiger charge is -2.23. The molecule has 1 aliphatic rings. The number of rotatable bonds is 7. The zero-order valence-electron chi connectivity index (χ0n) is 17.5. The van der Waals surface area contributed by atoms with E-state index < -0.39 is 6.10 Å². The van der Waals surface area contributed by atoms with E-state index in [1.807, 2.05) is 19.9 Å². The van der Waals surface area contributed by atoms with Crippen LogP contribution < -0.4 is 15.4 Å². The molecule has 2 N–H and O–H groups in total. The minimum atomic E-state index is -0.681. The summed E-state index contributed by atoms with van der Waals surface area (Å²) in [6, 6.07) is 12.6. The van der Waals surface area contributed by atoms with E-state index >= 15 is 0 Å². The molecule has 30 heavy (non-hydrogen) atoms. The molecule has 0 bridgehead atoms. The van der Waals surface area contributed by atoms with Crippen LogP contribution in [-0.4, -0.2) is 24.0 Å². The average Bonchev–Trinajstić information content (AvgIpc) is 2.75. The second-order valence-electron chi connectivity index (χ2n) is 7.77. The molecule has 0 aromatic heterocycles. The minimum Gasteiger partial charge on any atom is -0.481 e. The Balaban J connectivity index is 1.68. The second kappa shape index (κ2) is 10.5. The van der Waals surface area contributed by atoms with E-state index in [9.17, 15) is 9.59 Å². The van der Waals surface area contributed by atoms with Gasteiger partial charge in [0, 0.05) is 11.1 Å². The van der Waals surface area contributed by atoms with Gasteiger partial charge in [-0.1, -0.05) is 49.9 Å². The molecule has 0 spiro atoms. The topological polar surface area (TPSA) is 67.4 Å². The van der Waals surface area contributed by atoms with Gasteiger partial charge >= 0.3 is 0 Å². The number of nitrogens with one attached hydrogen (secondary N) is 2. The van der Waals surface area contributed by atoms with Crippen molar-refractivity contribution in [2.24, 2.45) is 0 Å². The van der Waals surface area contributed by atoms with Crippen LogP contribution in [0.4, 0.5) is 5.69 Å². The fourth-order valence-electron chi connectivity index (χ4n) is 3.69. The number of hydrogen-bond acceptors (Lipinski definition) is 3. The number of carbonyl (C=O) groups is 2. The Bertz CT molecular complexity index is 894. The Labute approximate surface area is 183 Å². The van der Waals surface area contributed by atoms with Crippen molar-refractivity contribution < 1.29 is 14.3 Å². The maximum atomic E-state index is 12.9. The van der Waals surface area contributed by atoms with Gasteiger partial charge in [-0.25, -0.2) is 0 Å². The summed E-state index contributed by atoms with van der Waals surface area (Å²) in [6.07, 6.45) is 5.33. The van der Waals surface area contributed by atoms with Crippen molar-refractivity contribution in [3.8, 4) is 5.75 Å². The molecule has 5 nitrogen and oxygen atoms in total. The Morgan fingerprint density at radius 3 is 2.57 bits per heavy atom. The van der Waals surface area contributed by atoms with Crippen LogP contribution in [0, 0.1) is 6.92 Å². The van der Waals surface area contributed by atoms with Crippen LogP contribution in [0.25, 0.3) is 0 Å². The molecule has 0 saturated heterocycles. The van der Waals surface area contributed by atoms with Gasteiger partial charge in [0.05, 0.1) is 11.3 Å². The van der Waals surface area contributed by atoms with Crippen molar-refractivity contribution in [2.45, 2.75) is 64.5 Å². The number of carbonyl (C=O) groups excluding carboxylic acids is 2. The van der Waals surface area contributed by atoms with E-state index in [1.54, 1.807) is 36.4 Å². The van der Waals surface area contributed by atoms with Crippen LogP contribution in [0.2, 0.25) is 5.02 Å². The number of halogens is 1. The molecule has 2 aromatic rings. The molecule has 1 fully saturated rings. The molecular formula is C24H29ClN2O3. The van der Waals surface area contributed by atoms with E-state index in [-0.39, 0.29) is 17.9 Å². The van der Waals surface area contributed by atoms with Crippen molar-refractivity contribution in [3.63, 3.8) is 0 Å². The van der Waals surface area contributed by atoms with E-state index in [0.29, 0.717) is 28.4 Å². The van der Waals surface area contributed by atoms with Gasteiger partial charge in [0.1, 0.15) is 5.75 Å². The SMILES string of the molecule is CCC(Oc1ccc(Cl)c(C)c1)C(=O)Nc1ccccc1C(=O)NC1CCCCC1. The summed E-state index contributed by atoms with van der Waals surface area (Å²) in [6.45, 7) is 3.77. The quantitative estimate of drug-likeness (QED) is 0.611. The number of hydrogen-bond donors (Lipinski definition) is 2. The Kier molecular flexibility index (Phi) is 7.75. The van der Waals surface area contributed by atoms with Crippen molar-refractivity contribution in [1.82, 2.24) is 5.32 Å². The van der Waals surface area contributed by atoms with Crippen LogP contribution in [0.1, 0.15) is 61.4 Å². The van der Waals surface area contributed by atoms with Crippen molar-refractivity contribution in [1.29, 1.82) is 0 Å². The molecule has 1 aliphatic carbocycles. The summed E-state index contributed by atoms with van der Waals surface area (Å²) in [5, 5.41) is 6.64. The van der Waals surface area contributed by atoms with Crippen LogP contribution in [0.3, 0.4) is 0 Å². The first-order valence-corrected chi connectivity index (χ1v) is 11.0. The Hall–Kier alpha value is -2.53. The molecule has 2 aromatic carbocycles. The molecular weight excluding hydrogens is 400 g/mol. The molecule has 1 saturated carbocycles. The van der Waals surface area contributed by atoms with Gasteiger partial charge in [-0.15, -0.1) is 0 Å². The van der Waals surface area contributed by atoms with Crippen LogP contribution in [-0.2, 0) is 4.79 Å². The highest BCUT2D eigenvalue weighted by molar-refractivity contribution is 6.31. The third-order valence-electron chi connectivity index (χ3n) is 5.44. The standard InChI is InChI=1S/C24H29ClN2O3/c1-3-22(30-18-13-14-20(25)16(2)15-18)24(29)27-21-12-8-7-11-19(21)23(28)26-17-9-5-4-6-10-17/h7-8,11-15,17,22H,3-6,9-10H2,1-2H3,(H,26,28)(H,27,29). The van der Waals surface area contributed by atoms with E-state index in [2.05, 4.69) is 10.6 Å². The Morgan fingerprint density at radius 1 is 1.13 bits per heavy atom. The zero-order valence-corrected chi connectivity index (χ0v) is 18.3. The lowest BCUT2D eigenvalue weighted by molar-refractivity contribution is -0.122. The third kappa shape index (κ3) is 5.76. The first-order valence-electron chi connectivity index (χ1n) is 10.6. The summed E-state index contributed by atoms with van der Waals surface area (Å²) in [5.74, 6) is 0.144. The number of aryl methyl sites for hydroxylation is 1. The smallest absolute Gasteiger partial charge is 0.265 e. The highest BCUT2D eigenvalue weighted by Gasteiger charge is 2.22. The maximum absolute atomic E-state index is 12.9. The first-order chi connectivity index (χ1) is 14.5. The van der Waals surface area contributed by atoms with E-state index in [0.717, 1.165) is 31.2 Å². The van der Waals surface area contributed by atoms with Crippen molar-refractivity contribution in [3.05, 3.63) is 58.6 Å². The predicted octanol–water partition coefficient (Wildman–Crippen LogP) is 5.51. The molecule has 0 aliphatic heterocycles. The van der Waals surface area contributed by atoms with Gasteiger partial charge in [0.2, 0.25) is 0 Å². The normalized spacial score (nSPS) is 15.3. The van der Waals surface area contributed by atoms with Gasteiger partial charge in [-0.2, -0.15) is 0 Å². The van der Waals surface area contributed by atoms with E-state index in [1.165, 1.54) is 6.42 Å².